The van der Waals surface area contributed by atoms with Gasteiger partial charge in [0.05, 0.1) is 7.11 Å². The topological polar surface area (TPSA) is 15.7 Å². The van der Waals surface area contributed by atoms with Crippen molar-refractivity contribution in [2.75, 3.05) is 45.3 Å². The van der Waals surface area contributed by atoms with Crippen molar-refractivity contribution in [3.63, 3.8) is 0 Å². The Morgan fingerprint density at radius 2 is 1.78 bits per heavy atom. The molecule has 1 aromatic carbocycles. The summed E-state index contributed by atoms with van der Waals surface area (Å²) >= 11 is 2.13. The van der Waals surface area contributed by atoms with Gasteiger partial charge in [-0.2, -0.15) is 11.8 Å². The van der Waals surface area contributed by atoms with E-state index in [9.17, 15) is 0 Å². The molecule has 0 N–H and O–H groups in total. The first kappa shape index (κ1) is 15.8. The Labute approximate surface area is 144 Å². The highest BCUT2D eigenvalue weighted by molar-refractivity contribution is 7.99. The molecule has 1 aromatic rings. The maximum absolute atomic E-state index is 5.32. The molecule has 0 saturated carbocycles. The number of rotatable bonds is 3. The van der Waals surface area contributed by atoms with Gasteiger partial charge in [0.15, 0.2) is 0 Å². The highest BCUT2D eigenvalue weighted by Gasteiger charge is 2.47. The van der Waals surface area contributed by atoms with Crippen LogP contribution in [0.1, 0.15) is 24.4 Å². The van der Waals surface area contributed by atoms with Gasteiger partial charge in [0, 0.05) is 31.7 Å². The summed E-state index contributed by atoms with van der Waals surface area (Å²) in [5, 5.41) is 0. The first-order chi connectivity index (χ1) is 11.3. The standard InChI is InChI=1S/C19H28N2OS/c1-20-11-15-12-21(16-7-9-23-10-8-16)13-18(15)19(20)14-3-5-17(22-2)6-4-14/h3-6,15-16,18-19H,7-13H2,1-2H3/t15-,18+,19+/m0/s1. The molecule has 126 valence electrons. The molecule has 23 heavy (non-hydrogen) atoms. The smallest absolute Gasteiger partial charge is 0.118 e. The number of thioether (sulfide) groups is 1. The fourth-order valence-corrected chi connectivity index (χ4v) is 6.02. The number of hydrogen-bond donors (Lipinski definition) is 0. The average Bonchev–Trinajstić information content (AvgIpc) is 3.12. The highest BCUT2D eigenvalue weighted by Crippen LogP contribution is 2.45. The molecular weight excluding hydrogens is 304 g/mol. The van der Waals surface area contributed by atoms with Crippen LogP contribution in [-0.2, 0) is 0 Å². The van der Waals surface area contributed by atoms with Crippen molar-refractivity contribution in [1.29, 1.82) is 0 Å². The molecule has 0 bridgehead atoms. The molecule has 3 heterocycles. The number of benzene rings is 1. The minimum Gasteiger partial charge on any atom is -0.497 e. The fourth-order valence-electron chi connectivity index (χ4n) is 4.94. The van der Waals surface area contributed by atoms with Crippen LogP contribution in [0.3, 0.4) is 0 Å². The lowest BCUT2D eigenvalue weighted by molar-refractivity contribution is 0.180. The van der Waals surface area contributed by atoms with Gasteiger partial charge in [-0.3, -0.25) is 9.80 Å². The zero-order valence-electron chi connectivity index (χ0n) is 14.3. The predicted octanol–water partition coefficient (Wildman–Crippen LogP) is 3.13. The van der Waals surface area contributed by atoms with Crippen LogP contribution < -0.4 is 4.74 Å². The lowest BCUT2D eigenvalue weighted by atomic mass is 9.89. The van der Waals surface area contributed by atoms with Gasteiger partial charge < -0.3 is 4.74 Å². The fraction of sp³-hybridized carbons (Fsp3) is 0.684. The van der Waals surface area contributed by atoms with E-state index in [4.69, 9.17) is 4.74 Å². The maximum atomic E-state index is 5.32. The van der Waals surface area contributed by atoms with E-state index in [1.807, 2.05) is 0 Å². The van der Waals surface area contributed by atoms with Crippen LogP contribution >= 0.6 is 11.8 Å². The van der Waals surface area contributed by atoms with Gasteiger partial charge in [-0.1, -0.05) is 12.1 Å². The van der Waals surface area contributed by atoms with Crippen LogP contribution in [0, 0.1) is 11.8 Å². The Morgan fingerprint density at radius 3 is 2.48 bits per heavy atom. The zero-order chi connectivity index (χ0) is 15.8. The van der Waals surface area contributed by atoms with E-state index >= 15 is 0 Å². The number of fused-ring (bicyclic) bond motifs is 1. The monoisotopic (exact) mass is 332 g/mol. The Balaban J connectivity index is 1.49. The first-order valence-electron chi connectivity index (χ1n) is 8.92. The van der Waals surface area contributed by atoms with Crippen molar-refractivity contribution in [3.8, 4) is 5.75 Å². The molecule has 3 aliphatic heterocycles. The van der Waals surface area contributed by atoms with Crippen LogP contribution in [0.4, 0.5) is 0 Å². The summed E-state index contributed by atoms with van der Waals surface area (Å²) in [5.74, 6) is 5.32. The second kappa shape index (κ2) is 6.66. The summed E-state index contributed by atoms with van der Waals surface area (Å²) in [7, 11) is 4.04. The van der Waals surface area contributed by atoms with Gasteiger partial charge >= 0.3 is 0 Å². The summed E-state index contributed by atoms with van der Waals surface area (Å²) in [6.07, 6.45) is 2.79. The molecule has 4 heteroatoms. The second-order valence-corrected chi connectivity index (χ2v) is 8.60. The minimum atomic E-state index is 0.578. The summed E-state index contributed by atoms with van der Waals surface area (Å²) in [5.41, 5.74) is 1.46. The van der Waals surface area contributed by atoms with E-state index in [1.54, 1.807) is 7.11 Å². The predicted molar refractivity (Wildman–Crippen MR) is 97.3 cm³/mol. The molecule has 0 unspecified atom stereocenters. The molecular formula is C19H28N2OS. The normalized spacial score (nSPS) is 33.0. The van der Waals surface area contributed by atoms with E-state index in [1.165, 1.54) is 49.5 Å². The van der Waals surface area contributed by atoms with Crippen molar-refractivity contribution < 1.29 is 4.74 Å². The number of ether oxygens (including phenoxy) is 1. The van der Waals surface area contributed by atoms with E-state index < -0.39 is 0 Å². The van der Waals surface area contributed by atoms with E-state index in [0.29, 0.717) is 6.04 Å². The van der Waals surface area contributed by atoms with E-state index in [-0.39, 0.29) is 0 Å². The van der Waals surface area contributed by atoms with Gasteiger partial charge in [-0.25, -0.2) is 0 Å². The number of hydrogen-bond acceptors (Lipinski definition) is 4. The van der Waals surface area contributed by atoms with Crippen molar-refractivity contribution in [2.45, 2.75) is 24.9 Å². The van der Waals surface area contributed by atoms with Crippen molar-refractivity contribution in [1.82, 2.24) is 9.80 Å². The Kier molecular flexibility index (Phi) is 4.57. The number of methoxy groups -OCH3 is 1. The van der Waals surface area contributed by atoms with E-state index in [0.717, 1.165) is 23.6 Å². The van der Waals surface area contributed by atoms with Crippen molar-refractivity contribution in [2.24, 2.45) is 11.8 Å². The first-order valence-corrected chi connectivity index (χ1v) is 10.1. The van der Waals surface area contributed by atoms with Gasteiger partial charge in [0.2, 0.25) is 0 Å². The average molecular weight is 333 g/mol. The molecule has 0 radical (unpaired) electrons. The lowest BCUT2D eigenvalue weighted by Gasteiger charge is -2.33. The SMILES string of the molecule is COc1ccc([C@@H]2[C@@H]3CN(C4CCSCC4)C[C@@H]3CN2C)cc1. The van der Waals surface area contributed by atoms with Gasteiger partial charge in [-0.15, -0.1) is 0 Å². The van der Waals surface area contributed by atoms with Crippen LogP contribution in [0.5, 0.6) is 5.75 Å². The molecule has 0 aromatic heterocycles. The van der Waals surface area contributed by atoms with Crippen molar-refractivity contribution in [3.05, 3.63) is 29.8 Å². The molecule has 3 aliphatic rings. The number of likely N-dealkylation sites (tertiary alicyclic amines) is 2. The summed E-state index contributed by atoms with van der Waals surface area (Å²) in [4.78, 5) is 5.39. The Bertz CT molecular complexity index is 529. The quantitative estimate of drug-likeness (QED) is 0.845. The number of nitrogens with zero attached hydrogens (tertiary/aromatic N) is 2. The van der Waals surface area contributed by atoms with Gasteiger partial charge in [-0.05, 0) is 60.9 Å². The molecule has 0 aliphatic carbocycles. The minimum absolute atomic E-state index is 0.578. The molecule has 0 amide bonds. The van der Waals surface area contributed by atoms with Crippen LogP contribution in [0.2, 0.25) is 0 Å². The Hall–Kier alpha value is -0.710. The third-order valence-electron chi connectivity index (χ3n) is 6.09. The van der Waals surface area contributed by atoms with Crippen LogP contribution in [0.25, 0.3) is 0 Å². The Morgan fingerprint density at radius 1 is 1.04 bits per heavy atom. The second-order valence-electron chi connectivity index (χ2n) is 7.38. The summed E-state index contributed by atoms with van der Waals surface area (Å²) in [6.45, 7) is 3.86. The zero-order valence-corrected chi connectivity index (χ0v) is 15.1. The molecule has 3 atom stereocenters. The summed E-state index contributed by atoms with van der Waals surface area (Å²) < 4.78 is 5.32. The maximum Gasteiger partial charge on any atom is 0.118 e. The lowest BCUT2D eigenvalue weighted by Crippen LogP contribution is -2.38. The molecule has 3 nitrogen and oxygen atoms in total. The molecule has 0 spiro atoms. The van der Waals surface area contributed by atoms with E-state index in [2.05, 4.69) is 52.9 Å². The van der Waals surface area contributed by atoms with Gasteiger partial charge in [0.25, 0.3) is 0 Å². The van der Waals surface area contributed by atoms with Crippen LogP contribution in [0.15, 0.2) is 24.3 Å². The summed E-state index contributed by atoms with van der Waals surface area (Å²) in [6, 6.07) is 10.2. The molecule has 3 fully saturated rings. The largest absolute Gasteiger partial charge is 0.497 e. The third-order valence-corrected chi connectivity index (χ3v) is 7.14. The highest BCUT2D eigenvalue weighted by atomic mass is 32.2. The van der Waals surface area contributed by atoms with Gasteiger partial charge in [0.1, 0.15) is 5.75 Å². The van der Waals surface area contributed by atoms with Crippen molar-refractivity contribution >= 4 is 11.8 Å². The van der Waals surface area contributed by atoms with Crippen LogP contribution in [-0.4, -0.2) is 61.1 Å². The molecule has 4 rings (SSSR count). The third kappa shape index (κ3) is 3.01. The molecule has 3 saturated heterocycles.